The number of carbonyl (C=O) groups is 1. The molecular formula is C19H20F2N4O4S. The average molecular weight is 438 g/mol. The second-order valence-electron chi connectivity index (χ2n) is 6.83. The Morgan fingerprint density at radius 3 is 2.70 bits per heavy atom. The van der Waals surface area contributed by atoms with Gasteiger partial charge >= 0.3 is 6.01 Å². The molecule has 1 aliphatic rings. The predicted octanol–water partition coefficient (Wildman–Crippen LogP) is 3.16. The van der Waals surface area contributed by atoms with Gasteiger partial charge in [0.05, 0.1) is 5.75 Å². The molecule has 1 atom stereocenters. The zero-order valence-electron chi connectivity index (χ0n) is 16.5. The lowest BCUT2D eigenvalue weighted by molar-refractivity contribution is -0.123. The number of allylic oxidation sites excluding steroid dienone is 1. The second-order valence-corrected chi connectivity index (χ2v) is 8.84. The van der Waals surface area contributed by atoms with Crippen molar-refractivity contribution in [3.63, 3.8) is 0 Å². The van der Waals surface area contributed by atoms with Crippen LogP contribution in [-0.4, -0.2) is 41.9 Å². The fourth-order valence-corrected chi connectivity index (χ4v) is 3.64. The molecule has 1 aromatic heterocycles. The molecule has 0 radical (unpaired) electrons. The Balaban J connectivity index is 2.04. The van der Waals surface area contributed by atoms with E-state index in [0.29, 0.717) is 6.07 Å². The summed E-state index contributed by atoms with van der Waals surface area (Å²) < 4.78 is 58.9. The van der Waals surface area contributed by atoms with E-state index < -0.39 is 27.7 Å². The van der Waals surface area contributed by atoms with Gasteiger partial charge in [-0.15, -0.1) is 0 Å². The Labute approximate surface area is 172 Å². The van der Waals surface area contributed by atoms with Gasteiger partial charge in [-0.1, -0.05) is 0 Å². The molecule has 0 fully saturated rings. The van der Waals surface area contributed by atoms with Gasteiger partial charge in [-0.2, -0.15) is 4.98 Å². The van der Waals surface area contributed by atoms with E-state index in [1.807, 2.05) is 6.92 Å². The molecule has 0 bridgehead atoms. The summed E-state index contributed by atoms with van der Waals surface area (Å²) in [6, 6.07) is 1.52. The van der Waals surface area contributed by atoms with Crippen LogP contribution in [0, 0.1) is 11.6 Å². The number of aromatic nitrogens is 2. The summed E-state index contributed by atoms with van der Waals surface area (Å²) in [6.07, 6.45) is 3.24. The van der Waals surface area contributed by atoms with E-state index in [0.717, 1.165) is 17.7 Å². The molecule has 1 aromatic carbocycles. The molecular weight excluding hydrogens is 418 g/mol. The Morgan fingerprint density at radius 1 is 1.33 bits per heavy atom. The first kappa shape index (κ1) is 21.6. The van der Waals surface area contributed by atoms with E-state index in [1.165, 1.54) is 13.1 Å². The highest BCUT2D eigenvalue weighted by Gasteiger charge is 2.31. The van der Waals surface area contributed by atoms with Gasteiger partial charge in [0, 0.05) is 31.3 Å². The summed E-state index contributed by atoms with van der Waals surface area (Å²) in [7, 11) is -2.07. The molecule has 1 unspecified atom stereocenters. The Bertz CT molecular complexity index is 1120. The first-order valence-corrected chi connectivity index (χ1v) is 10.7. The Morgan fingerprint density at radius 2 is 2.07 bits per heavy atom. The second kappa shape index (κ2) is 8.34. The number of nitrogens with one attached hydrogen (secondary N) is 1. The lowest BCUT2D eigenvalue weighted by Gasteiger charge is -2.31. The molecule has 8 nitrogen and oxygen atoms in total. The maximum absolute atomic E-state index is 13.9. The van der Waals surface area contributed by atoms with Crippen molar-refractivity contribution in [3.05, 3.63) is 53.4 Å². The lowest BCUT2D eigenvalue weighted by Crippen LogP contribution is -2.32. The van der Waals surface area contributed by atoms with Gasteiger partial charge in [0.15, 0.2) is 23.2 Å². The van der Waals surface area contributed by atoms with E-state index in [4.69, 9.17) is 4.74 Å². The lowest BCUT2D eigenvalue weighted by atomic mass is 9.95. The van der Waals surface area contributed by atoms with E-state index in [2.05, 4.69) is 14.7 Å². The minimum atomic E-state index is -3.75. The number of carbonyl (C=O) groups excluding carboxylic acids is 1. The van der Waals surface area contributed by atoms with Gasteiger partial charge < -0.3 is 9.64 Å². The summed E-state index contributed by atoms with van der Waals surface area (Å²) in [6.45, 7) is 3.26. The van der Waals surface area contributed by atoms with Crippen LogP contribution in [0.2, 0.25) is 0 Å². The number of likely N-dealkylation sites (N-methyl/N-ethyl adjacent to an activating group) is 1. The predicted molar refractivity (Wildman–Crippen MR) is 105 cm³/mol. The van der Waals surface area contributed by atoms with Gasteiger partial charge in [-0.05, 0) is 37.8 Å². The molecule has 160 valence electrons. The quantitative estimate of drug-likeness (QED) is 0.739. The van der Waals surface area contributed by atoms with Crippen molar-refractivity contribution in [3.8, 4) is 11.8 Å². The molecule has 2 aromatic rings. The highest BCUT2D eigenvalue weighted by Crippen LogP contribution is 2.34. The summed E-state index contributed by atoms with van der Waals surface area (Å²) in [5, 5.41) is 0. The van der Waals surface area contributed by atoms with E-state index in [9.17, 15) is 22.0 Å². The van der Waals surface area contributed by atoms with Gasteiger partial charge in [0.2, 0.25) is 10.0 Å². The van der Waals surface area contributed by atoms with Gasteiger partial charge in [-0.3, -0.25) is 9.52 Å². The average Bonchev–Trinajstić information content (AvgIpc) is 2.64. The van der Waals surface area contributed by atoms with Crippen molar-refractivity contribution in [2.24, 2.45) is 0 Å². The summed E-state index contributed by atoms with van der Waals surface area (Å²) in [4.78, 5) is 22.3. The van der Waals surface area contributed by atoms with Gasteiger partial charge in [0.25, 0.3) is 0 Å². The van der Waals surface area contributed by atoms with Crippen molar-refractivity contribution in [1.82, 2.24) is 14.9 Å². The van der Waals surface area contributed by atoms with Crippen LogP contribution >= 0.6 is 0 Å². The molecule has 0 saturated carbocycles. The largest absolute Gasteiger partial charge is 0.421 e. The Hall–Kier alpha value is -3.08. The third kappa shape index (κ3) is 4.73. The number of hydrogen-bond acceptors (Lipinski definition) is 7. The summed E-state index contributed by atoms with van der Waals surface area (Å²) in [5.41, 5.74) is 1.09. The number of rotatable bonds is 6. The minimum absolute atomic E-state index is 0.150. The molecule has 11 heteroatoms. The number of sulfonamides is 1. The molecule has 0 amide bonds. The fraction of sp³-hybridized carbons (Fsp3) is 0.316. The van der Waals surface area contributed by atoms with E-state index in [-0.39, 0.29) is 41.1 Å². The van der Waals surface area contributed by atoms with Crippen LogP contribution in [0.15, 0.2) is 36.2 Å². The number of anilines is 1. The number of ether oxygens (including phenoxy) is 1. The smallest absolute Gasteiger partial charge is 0.324 e. The molecule has 1 aliphatic heterocycles. The molecule has 0 spiro atoms. The molecule has 0 saturated heterocycles. The van der Waals surface area contributed by atoms with E-state index >= 15 is 0 Å². The topological polar surface area (TPSA) is 101 Å². The zero-order chi connectivity index (χ0) is 22.1. The van der Waals surface area contributed by atoms with Gasteiger partial charge in [-0.25, -0.2) is 22.2 Å². The van der Waals surface area contributed by atoms with Crippen molar-refractivity contribution in [1.29, 1.82) is 0 Å². The normalized spacial score (nSPS) is 17.0. The number of benzene rings is 1. The van der Waals surface area contributed by atoms with Crippen molar-refractivity contribution < 1.29 is 26.7 Å². The highest BCUT2D eigenvalue weighted by atomic mass is 32.2. The van der Waals surface area contributed by atoms with Crippen LogP contribution in [-0.2, 0) is 14.8 Å². The first-order chi connectivity index (χ1) is 14.1. The number of ketones is 1. The minimum Gasteiger partial charge on any atom is -0.421 e. The molecule has 30 heavy (non-hydrogen) atoms. The van der Waals surface area contributed by atoms with Crippen LogP contribution in [0.1, 0.15) is 31.9 Å². The maximum atomic E-state index is 13.9. The monoisotopic (exact) mass is 438 g/mol. The number of hydrogen-bond donors (Lipinski definition) is 1. The van der Waals surface area contributed by atoms with Crippen molar-refractivity contribution in [2.75, 3.05) is 17.5 Å². The number of halogens is 2. The number of nitrogens with zero attached hydrogens (tertiary/aromatic N) is 3. The van der Waals surface area contributed by atoms with Crippen LogP contribution in [0.3, 0.4) is 0 Å². The molecule has 2 heterocycles. The summed E-state index contributed by atoms with van der Waals surface area (Å²) in [5.74, 6) is -2.63. The molecule has 1 N–H and O–H groups in total. The van der Waals surface area contributed by atoms with Crippen LogP contribution in [0.5, 0.6) is 11.8 Å². The molecule has 3 rings (SSSR count). The van der Waals surface area contributed by atoms with Crippen molar-refractivity contribution >= 4 is 21.6 Å². The van der Waals surface area contributed by atoms with Crippen LogP contribution < -0.4 is 9.46 Å². The number of Topliss-reactive ketones (excluding diaryl/α,β-unsaturated/α-hetero) is 1. The first-order valence-electron chi connectivity index (χ1n) is 9.02. The Kier molecular flexibility index (Phi) is 6.01. The molecule has 0 aliphatic carbocycles. The third-order valence-corrected chi connectivity index (χ3v) is 5.67. The standard InChI is InChI=1S/C19H20F2N4O4S/c1-4-30(27,28)24-18-13(17-15(26)7-11(2)10-25(17)3)9-22-19(23-18)29-16-6-5-12(20)8-14(16)21/h5-6,8-10,17H,4,7H2,1-3H3,(H,22,23,24). The highest BCUT2D eigenvalue weighted by molar-refractivity contribution is 7.92. The fourth-order valence-electron chi connectivity index (χ4n) is 3.04. The van der Waals surface area contributed by atoms with Crippen LogP contribution in [0.4, 0.5) is 14.6 Å². The maximum Gasteiger partial charge on any atom is 0.324 e. The third-order valence-electron chi connectivity index (χ3n) is 4.41. The van der Waals surface area contributed by atoms with Gasteiger partial charge in [0.1, 0.15) is 11.9 Å². The zero-order valence-corrected chi connectivity index (χ0v) is 17.3. The van der Waals surface area contributed by atoms with Crippen LogP contribution in [0.25, 0.3) is 0 Å². The summed E-state index contributed by atoms with van der Waals surface area (Å²) >= 11 is 0. The van der Waals surface area contributed by atoms with Crippen molar-refractivity contribution in [2.45, 2.75) is 26.3 Å². The van der Waals surface area contributed by atoms with E-state index in [1.54, 1.807) is 18.1 Å². The SMILES string of the molecule is CCS(=O)(=O)Nc1nc(Oc2ccc(F)cc2F)ncc1C1C(=O)CC(C)=CN1C.